The maximum Gasteiger partial charge on any atom is 0.295 e. The Kier molecular flexibility index (Phi) is 6.88. The van der Waals surface area contributed by atoms with Crippen LogP contribution in [0.3, 0.4) is 0 Å². The van der Waals surface area contributed by atoms with Crippen molar-refractivity contribution in [2.75, 3.05) is 5.32 Å². The van der Waals surface area contributed by atoms with Crippen molar-refractivity contribution in [3.63, 3.8) is 0 Å². The number of amides is 1. The molecular formula is C25H24BrN5O3S. The molecule has 8 nitrogen and oxygen atoms in total. The van der Waals surface area contributed by atoms with Crippen molar-refractivity contribution >= 4 is 37.5 Å². The first-order valence-electron chi connectivity index (χ1n) is 10.8. The van der Waals surface area contributed by atoms with Crippen molar-refractivity contribution in [3.05, 3.63) is 89.2 Å². The predicted octanol–water partition coefficient (Wildman–Crippen LogP) is 5.03. The van der Waals surface area contributed by atoms with Crippen LogP contribution < -0.4 is 10.0 Å². The number of benzene rings is 3. The average Bonchev–Trinajstić information content (AvgIpc) is 3.25. The highest BCUT2D eigenvalue weighted by Crippen LogP contribution is 2.23. The number of hydrogen-bond acceptors (Lipinski definition) is 5. The van der Waals surface area contributed by atoms with Gasteiger partial charge >= 0.3 is 0 Å². The topological polar surface area (TPSA) is 106 Å². The SMILES string of the molecule is CC(C)(C)NS(=O)(=O)c1cccc(NC(=O)c2nc(-c3ccccc3)n(-c3ccc(Br)cc3)n2)c1. The van der Waals surface area contributed by atoms with E-state index in [4.69, 9.17) is 0 Å². The number of anilines is 1. The minimum absolute atomic E-state index is 0.0450. The fourth-order valence-electron chi connectivity index (χ4n) is 3.33. The number of hydrogen-bond donors (Lipinski definition) is 2. The molecule has 35 heavy (non-hydrogen) atoms. The summed E-state index contributed by atoms with van der Waals surface area (Å²) in [6.45, 7) is 5.27. The van der Waals surface area contributed by atoms with Gasteiger partial charge in [-0.2, -0.15) is 0 Å². The van der Waals surface area contributed by atoms with Crippen LogP contribution in [0.4, 0.5) is 5.69 Å². The summed E-state index contributed by atoms with van der Waals surface area (Å²) in [4.78, 5) is 17.6. The number of carbonyl (C=O) groups excluding carboxylic acids is 1. The van der Waals surface area contributed by atoms with Gasteiger partial charge in [0.1, 0.15) is 0 Å². The van der Waals surface area contributed by atoms with Crippen molar-refractivity contribution in [2.24, 2.45) is 0 Å². The van der Waals surface area contributed by atoms with Crippen molar-refractivity contribution in [2.45, 2.75) is 31.2 Å². The Bertz CT molecular complexity index is 1460. The summed E-state index contributed by atoms with van der Waals surface area (Å²) in [6, 6.07) is 23.0. The van der Waals surface area contributed by atoms with Crippen molar-refractivity contribution in [1.29, 1.82) is 0 Å². The molecule has 0 radical (unpaired) electrons. The number of nitrogens with one attached hydrogen (secondary N) is 2. The summed E-state index contributed by atoms with van der Waals surface area (Å²) in [7, 11) is -3.76. The summed E-state index contributed by atoms with van der Waals surface area (Å²) in [5.74, 6) is -0.104. The van der Waals surface area contributed by atoms with Gasteiger partial charge in [-0.25, -0.2) is 22.8 Å². The highest BCUT2D eigenvalue weighted by molar-refractivity contribution is 9.10. The van der Waals surface area contributed by atoms with Crippen LogP contribution in [0.1, 0.15) is 31.4 Å². The highest BCUT2D eigenvalue weighted by Gasteiger charge is 2.23. The van der Waals surface area contributed by atoms with E-state index in [0.29, 0.717) is 11.5 Å². The van der Waals surface area contributed by atoms with E-state index in [1.807, 2.05) is 54.6 Å². The number of sulfonamides is 1. The van der Waals surface area contributed by atoms with E-state index in [-0.39, 0.29) is 10.7 Å². The van der Waals surface area contributed by atoms with Gasteiger partial charge in [-0.15, -0.1) is 5.10 Å². The van der Waals surface area contributed by atoms with Gasteiger partial charge in [-0.1, -0.05) is 52.3 Å². The van der Waals surface area contributed by atoms with Gasteiger partial charge in [-0.05, 0) is 63.2 Å². The van der Waals surface area contributed by atoms with E-state index < -0.39 is 21.5 Å². The van der Waals surface area contributed by atoms with Crippen LogP contribution in [0, 0.1) is 0 Å². The molecule has 10 heteroatoms. The monoisotopic (exact) mass is 553 g/mol. The van der Waals surface area contributed by atoms with Gasteiger partial charge in [-0.3, -0.25) is 4.79 Å². The fourth-order valence-corrected chi connectivity index (χ4v) is 5.06. The van der Waals surface area contributed by atoms with E-state index in [2.05, 4.69) is 36.1 Å². The number of rotatable bonds is 6. The van der Waals surface area contributed by atoms with Gasteiger partial charge in [0, 0.05) is 21.3 Å². The second kappa shape index (κ2) is 9.73. The molecule has 1 amide bonds. The Morgan fingerprint density at radius 2 is 1.63 bits per heavy atom. The zero-order chi connectivity index (χ0) is 25.2. The lowest BCUT2D eigenvalue weighted by Crippen LogP contribution is -2.40. The molecular weight excluding hydrogens is 530 g/mol. The number of aromatic nitrogens is 3. The molecule has 0 saturated heterocycles. The summed E-state index contributed by atoms with van der Waals surface area (Å²) in [5.41, 5.74) is 1.20. The molecule has 0 aliphatic heterocycles. The van der Waals surface area contributed by atoms with Crippen LogP contribution in [0.25, 0.3) is 17.1 Å². The van der Waals surface area contributed by atoms with Gasteiger partial charge in [0.15, 0.2) is 5.82 Å². The molecule has 3 aromatic carbocycles. The van der Waals surface area contributed by atoms with E-state index in [0.717, 1.165) is 15.7 Å². The Morgan fingerprint density at radius 3 is 2.29 bits per heavy atom. The third kappa shape index (κ3) is 6.02. The summed E-state index contributed by atoms with van der Waals surface area (Å²) in [6.07, 6.45) is 0. The first kappa shape index (κ1) is 24.8. The van der Waals surface area contributed by atoms with Crippen molar-refractivity contribution in [3.8, 4) is 17.1 Å². The average molecular weight is 554 g/mol. The molecule has 4 rings (SSSR count). The normalized spacial score (nSPS) is 11.9. The Morgan fingerprint density at radius 1 is 0.943 bits per heavy atom. The van der Waals surface area contributed by atoms with E-state index >= 15 is 0 Å². The molecule has 0 saturated carbocycles. The molecule has 0 fully saturated rings. The molecule has 0 atom stereocenters. The number of carbonyl (C=O) groups is 1. The molecule has 1 aromatic heterocycles. The van der Waals surface area contributed by atoms with Crippen molar-refractivity contribution in [1.82, 2.24) is 19.5 Å². The maximum absolute atomic E-state index is 13.1. The second-order valence-electron chi connectivity index (χ2n) is 8.85. The molecule has 0 unspecified atom stereocenters. The molecule has 0 aliphatic carbocycles. The number of halogens is 1. The lowest BCUT2D eigenvalue weighted by molar-refractivity contribution is 0.101. The molecule has 0 bridgehead atoms. The molecule has 4 aromatic rings. The summed E-state index contributed by atoms with van der Waals surface area (Å²) >= 11 is 3.43. The molecule has 2 N–H and O–H groups in total. The van der Waals surface area contributed by atoms with Crippen molar-refractivity contribution < 1.29 is 13.2 Å². The molecule has 180 valence electrons. The van der Waals surface area contributed by atoms with Crippen LogP contribution in [0.2, 0.25) is 0 Å². The highest BCUT2D eigenvalue weighted by atomic mass is 79.9. The molecule has 0 spiro atoms. The van der Waals surface area contributed by atoms with Crippen LogP contribution >= 0.6 is 15.9 Å². The fraction of sp³-hybridized carbons (Fsp3) is 0.160. The van der Waals surface area contributed by atoms with E-state index in [1.54, 1.807) is 37.6 Å². The van der Waals surface area contributed by atoms with Crippen LogP contribution in [-0.2, 0) is 10.0 Å². The molecule has 0 aliphatic rings. The first-order valence-corrected chi connectivity index (χ1v) is 13.0. The Labute approximate surface area is 212 Å². The van der Waals surface area contributed by atoms with E-state index in [1.165, 1.54) is 12.1 Å². The lowest BCUT2D eigenvalue weighted by Gasteiger charge is -2.20. The van der Waals surface area contributed by atoms with Gasteiger partial charge in [0.05, 0.1) is 10.6 Å². The maximum atomic E-state index is 13.1. The minimum atomic E-state index is -3.76. The standard InChI is InChI=1S/C25H24BrN5O3S/c1-25(2,3)30-35(33,34)21-11-7-10-19(16-21)27-24(32)22-28-23(17-8-5-4-6-9-17)31(29-22)20-14-12-18(26)13-15-20/h4-16,30H,1-3H3,(H,27,32). The van der Waals surface area contributed by atoms with Gasteiger partial charge < -0.3 is 5.32 Å². The minimum Gasteiger partial charge on any atom is -0.319 e. The largest absolute Gasteiger partial charge is 0.319 e. The molecule has 1 heterocycles. The van der Waals surface area contributed by atoms with Crippen LogP contribution in [0.15, 0.2) is 88.2 Å². The van der Waals surface area contributed by atoms with Gasteiger partial charge in [0.2, 0.25) is 15.8 Å². The smallest absolute Gasteiger partial charge is 0.295 e. The third-order valence-corrected chi connectivity index (χ3v) is 7.04. The summed E-state index contributed by atoms with van der Waals surface area (Å²) < 4.78 is 30.5. The van der Waals surface area contributed by atoms with E-state index in [9.17, 15) is 13.2 Å². The summed E-state index contributed by atoms with van der Waals surface area (Å²) in [5, 5.41) is 7.16. The van der Waals surface area contributed by atoms with Crippen LogP contribution in [0.5, 0.6) is 0 Å². The zero-order valence-electron chi connectivity index (χ0n) is 19.4. The lowest BCUT2D eigenvalue weighted by atomic mass is 10.1. The Balaban J connectivity index is 1.66. The quantitative estimate of drug-likeness (QED) is 0.348. The third-order valence-electron chi connectivity index (χ3n) is 4.76. The van der Waals surface area contributed by atoms with Crippen LogP contribution in [-0.4, -0.2) is 34.6 Å². The number of nitrogens with zero attached hydrogens (tertiary/aromatic N) is 3. The zero-order valence-corrected chi connectivity index (χ0v) is 21.8. The second-order valence-corrected chi connectivity index (χ2v) is 11.4. The predicted molar refractivity (Wildman–Crippen MR) is 139 cm³/mol. The first-order chi connectivity index (χ1) is 16.5. The Hall–Kier alpha value is -3.34. The van der Waals surface area contributed by atoms with Gasteiger partial charge in [0.25, 0.3) is 5.91 Å².